The quantitative estimate of drug-likeness (QED) is 0.807. The summed E-state index contributed by atoms with van der Waals surface area (Å²) in [7, 11) is 0. The number of hydrogen-bond donors (Lipinski definition) is 1. The molecule has 1 aliphatic carbocycles. The highest BCUT2D eigenvalue weighted by Crippen LogP contribution is 2.72. The van der Waals surface area contributed by atoms with Crippen LogP contribution in [0.25, 0.3) is 0 Å². The second-order valence-corrected chi connectivity index (χ2v) is 7.26. The smallest absolute Gasteiger partial charge is 0.0359 e. The van der Waals surface area contributed by atoms with Crippen LogP contribution in [0.4, 0.5) is 0 Å². The Morgan fingerprint density at radius 1 is 1.05 bits per heavy atom. The van der Waals surface area contributed by atoms with Gasteiger partial charge in [0.1, 0.15) is 0 Å². The first-order chi connectivity index (χ1) is 8.82. The molecule has 1 atom stereocenters. The third-order valence-corrected chi connectivity index (χ3v) is 5.52. The maximum Gasteiger partial charge on any atom is 0.0359 e. The lowest BCUT2D eigenvalue weighted by molar-refractivity contribution is 0.410. The van der Waals surface area contributed by atoms with Crippen LogP contribution in [0.1, 0.15) is 58.2 Å². The van der Waals surface area contributed by atoms with Crippen molar-refractivity contribution in [2.24, 2.45) is 16.7 Å². The van der Waals surface area contributed by atoms with E-state index in [4.69, 9.17) is 0 Å². The highest BCUT2D eigenvalue weighted by atomic mass is 15.0. The number of nitrogens with one attached hydrogen (secondary N) is 1. The maximum absolute atomic E-state index is 3.78. The molecule has 1 aliphatic rings. The molecule has 106 valence electrons. The van der Waals surface area contributed by atoms with Crippen LogP contribution in [0.2, 0.25) is 0 Å². The van der Waals surface area contributed by atoms with Gasteiger partial charge in [0, 0.05) is 6.04 Å². The van der Waals surface area contributed by atoms with Crippen molar-refractivity contribution < 1.29 is 0 Å². The first-order valence-electron chi connectivity index (χ1n) is 7.62. The number of rotatable bonds is 5. The van der Waals surface area contributed by atoms with Gasteiger partial charge >= 0.3 is 0 Å². The molecule has 0 spiro atoms. The molecule has 0 saturated heterocycles. The minimum absolute atomic E-state index is 0.420. The van der Waals surface area contributed by atoms with Crippen LogP contribution in [-0.2, 0) is 0 Å². The maximum atomic E-state index is 3.78. The highest BCUT2D eigenvalue weighted by molar-refractivity contribution is 5.29. The molecule has 0 amide bonds. The van der Waals surface area contributed by atoms with Gasteiger partial charge in [0.2, 0.25) is 0 Å². The van der Waals surface area contributed by atoms with E-state index in [2.05, 4.69) is 71.1 Å². The molecule has 1 aromatic carbocycles. The third-order valence-electron chi connectivity index (χ3n) is 5.52. The Kier molecular flexibility index (Phi) is 3.79. The van der Waals surface area contributed by atoms with Crippen LogP contribution in [0.5, 0.6) is 0 Å². The zero-order valence-electron chi connectivity index (χ0n) is 13.4. The Morgan fingerprint density at radius 2 is 1.58 bits per heavy atom. The number of aryl methyl sites for hydroxylation is 1. The van der Waals surface area contributed by atoms with Crippen molar-refractivity contribution in [3.63, 3.8) is 0 Å². The second kappa shape index (κ2) is 4.94. The molecule has 1 nitrogen and oxygen atoms in total. The van der Waals surface area contributed by atoms with Crippen LogP contribution in [-0.4, -0.2) is 6.54 Å². The molecular formula is C18H29N. The van der Waals surface area contributed by atoms with Crippen molar-refractivity contribution in [1.82, 2.24) is 5.32 Å². The predicted octanol–water partition coefficient (Wildman–Crippen LogP) is 4.72. The van der Waals surface area contributed by atoms with Crippen LogP contribution in [0.15, 0.2) is 24.3 Å². The van der Waals surface area contributed by atoms with E-state index in [0.29, 0.717) is 22.8 Å². The van der Waals surface area contributed by atoms with Crippen molar-refractivity contribution in [2.75, 3.05) is 6.54 Å². The molecule has 0 radical (unpaired) electrons. The molecule has 1 heteroatoms. The highest BCUT2D eigenvalue weighted by Gasteiger charge is 2.67. The van der Waals surface area contributed by atoms with Crippen molar-refractivity contribution in [3.05, 3.63) is 35.4 Å². The van der Waals surface area contributed by atoms with E-state index in [1.54, 1.807) is 0 Å². The summed E-state index contributed by atoms with van der Waals surface area (Å²) < 4.78 is 0. The fourth-order valence-electron chi connectivity index (χ4n) is 3.58. The van der Waals surface area contributed by atoms with Gasteiger partial charge in [0.05, 0.1) is 0 Å². The molecule has 0 aromatic heterocycles. The van der Waals surface area contributed by atoms with E-state index in [0.717, 1.165) is 6.54 Å². The van der Waals surface area contributed by atoms with Gasteiger partial charge < -0.3 is 5.32 Å². The molecule has 0 aliphatic heterocycles. The average Bonchev–Trinajstić information content (AvgIpc) is 2.74. The Morgan fingerprint density at radius 3 is 2.00 bits per heavy atom. The fraction of sp³-hybridized carbons (Fsp3) is 0.667. The van der Waals surface area contributed by atoms with Gasteiger partial charge in [-0.15, -0.1) is 0 Å². The number of hydrogen-bond acceptors (Lipinski definition) is 1. The molecule has 1 N–H and O–H groups in total. The molecule has 0 bridgehead atoms. The zero-order valence-corrected chi connectivity index (χ0v) is 13.4. The molecule has 1 unspecified atom stereocenters. The summed E-state index contributed by atoms with van der Waals surface area (Å²) in [6, 6.07) is 9.56. The normalized spacial score (nSPS) is 22.2. The summed E-state index contributed by atoms with van der Waals surface area (Å²) >= 11 is 0. The summed E-state index contributed by atoms with van der Waals surface area (Å²) in [5, 5.41) is 3.78. The van der Waals surface area contributed by atoms with E-state index >= 15 is 0 Å². The Labute approximate surface area is 118 Å². The second-order valence-electron chi connectivity index (χ2n) is 7.26. The van der Waals surface area contributed by atoms with Crippen molar-refractivity contribution >= 4 is 0 Å². The standard InChI is InChI=1S/C18H29N/c1-7-12-19-15(14-10-8-13(2)9-11-14)16-17(3,4)18(16,5)6/h8-11,15-16,19H,7,12H2,1-6H3. The van der Waals surface area contributed by atoms with Gasteiger partial charge in [-0.3, -0.25) is 0 Å². The summed E-state index contributed by atoms with van der Waals surface area (Å²) in [4.78, 5) is 0. The summed E-state index contributed by atoms with van der Waals surface area (Å²) in [6.45, 7) is 15.1. The third kappa shape index (κ3) is 2.45. The summed E-state index contributed by atoms with van der Waals surface area (Å²) in [6.07, 6.45) is 1.19. The summed E-state index contributed by atoms with van der Waals surface area (Å²) in [5.74, 6) is 0.717. The first kappa shape index (κ1) is 14.6. The van der Waals surface area contributed by atoms with Crippen LogP contribution in [0, 0.1) is 23.7 Å². The predicted molar refractivity (Wildman–Crippen MR) is 83.3 cm³/mol. The lowest BCUT2D eigenvalue weighted by atomic mass is 9.95. The van der Waals surface area contributed by atoms with Crippen molar-refractivity contribution in [1.29, 1.82) is 0 Å². The van der Waals surface area contributed by atoms with E-state index in [1.807, 2.05) is 0 Å². The van der Waals surface area contributed by atoms with Gasteiger partial charge in [0.15, 0.2) is 0 Å². The Hall–Kier alpha value is -0.820. The van der Waals surface area contributed by atoms with Gasteiger partial charge in [-0.1, -0.05) is 64.4 Å². The molecule has 19 heavy (non-hydrogen) atoms. The average molecular weight is 259 g/mol. The molecule has 2 rings (SSSR count). The number of benzene rings is 1. The van der Waals surface area contributed by atoms with Gasteiger partial charge in [-0.25, -0.2) is 0 Å². The Bertz CT molecular complexity index is 414. The molecule has 1 saturated carbocycles. The van der Waals surface area contributed by atoms with Gasteiger partial charge in [0.25, 0.3) is 0 Å². The molecular weight excluding hydrogens is 230 g/mol. The summed E-state index contributed by atoms with van der Waals surface area (Å²) in [5.41, 5.74) is 3.63. The fourth-order valence-corrected chi connectivity index (χ4v) is 3.58. The van der Waals surface area contributed by atoms with E-state index in [1.165, 1.54) is 17.5 Å². The lowest BCUT2D eigenvalue weighted by Gasteiger charge is -2.21. The van der Waals surface area contributed by atoms with Crippen LogP contribution in [0.3, 0.4) is 0 Å². The van der Waals surface area contributed by atoms with E-state index in [9.17, 15) is 0 Å². The first-order valence-corrected chi connectivity index (χ1v) is 7.62. The monoisotopic (exact) mass is 259 g/mol. The Balaban J connectivity index is 2.25. The SMILES string of the molecule is CCCNC(c1ccc(C)cc1)C1C(C)(C)C1(C)C. The minimum Gasteiger partial charge on any atom is -0.310 e. The molecule has 1 aromatic rings. The zero-order chi connectivity index (χ0) is 14.3. The molecule has 1 fully saturated rings. The molecule has 0 heterocycles. The van der Waals surface area contributed by atoms with Crippen molar-refractivity contribution in [3.8, 4) is 0 Å². The van der Waals surface area contributed by atoms with Gasteiger partial charge in [-0.2, -0.15) is 0 Å². The van der Waals surface area contributed by atoms with Crippen LogP contribution >= 0.6 is 0 Å². The van der Waals surface area contributed by atoms with Gasteiger partial charge in [-0.05, 0) is 42.2 Å². The largest absolute Gasteiger partial charge is 0.310 e. The lowest BCUT2D eigenvalue weighted by Crippen LogP contribution is -2.26. The van der Waals surface area contributed by atoms with E-state index in [-0.39, 0.29) is 0 Å². The topological polar surface area (TPSA) is 12.0 Å². The van der Waals surface area contributed by atoms with Crippen molar-refractivity contribution in [2.45, 2.75) is 54.0 Å². The minimum atomic E-state index is 0.420. The van der Waals surface area contributed by atoms with Crippen LogP contribution < -0.4 is 5.32 Å². The van der Waals surface area contributed by atoms with E-state index < -0.39 is 0 Å².